The Labute approximate surface area is 142 Å². The molecule has 24 heavy (non-hydrogen) atoms. The molecule has 0 aliphatic heterocycles. The third-order valence-corrected chi connectivity index (χ3v) is 5.24. The summed E-state index contributed by atoms with van der Waals surface area (Å²) in [5.74, 6) is -1.09. The maximum Gasteiger partial charge on any atom is 0.344 e. The van der Waals surface area contributed by atoms with Crippen LogP contribution in [0.2, 0.25) is 5.02 Å². The lowest BCUT2D eigenvalue weighted by molar-refractivity contribution is -0.384. The zero-order valence-corrected chi connectivity index (χ0v) is 14.0. The number of carbonyl (C=O) groups excluding carboxylic acids is 1. The van der Waals surface area contributed by atoms with Crippen molar-refractivity contribution in [1.29, 1.82) is 0 Å². The molecule has 9 heteroatoms. The second kappa shape index (κ2) is 6.98. The van der Waals surface area contributed by atoms with Crippen molar-refractivity contribution >= 4 is 33.1 Å². The molecule has 0 atom stereocenters. The molecule has 0 bridgehead atoms. The number of hydrogen-bond acceptors (Lipinski definition) is 6. The normalized spacial score (nSPS) is 11.1. The number of rotatable bonds is 5. The van der Waals surface area contributed by atoms with Crippen molar-refractivity contribution in [2.75, 3.05) is 5.75 Å². The van der Waals surface area contributed by atoms with Gasteiger partial charge in [-0.15, -0.1) is 0 Å². The lowest BCUT2D eigenvalue weighted by Crippen LogP contribution is -2.15. The first-order valence-electron chi connectivity index (χ1n) is 6.74. The summed E-state index contributed by atoms with van der Waals surface area (Å²) in [5, 5.41) is 10.5. The van der Waals surface area contributed by atoms with Gasteiger partial charge in [0.25, 0.3) is 5.69 Å². The molecule has 0 aromatic heterocycles. The van der Waals surface area contributed by atoms with Crippen LogP contribution in [-0.2, 0) is 9.84 Å². The van der Waals surface area contributed by atoms with Gasteiger partial charge in [-0.3, -0.25) is 10.1 Å². The largest absolute Gasteiger partial charge is 0.423 e. The number of esters is 1. The smallest absolute Gasteiger partial charge is 0.344 e. The molecular weight excluding hydrogens is 358 g/mol. The van der Waals surface area contributed by atoms with Gasteiger partial charge in [-0.2, -0.15) is 0 Å². The van der Waals surface area contributed by atoms with Crippen LogP contribution in [-0.4, -0.2) is 25.1 Å². The van der Waals surface area contributed by atoms with Gasteiger partial charge in [-0.1, -0.05) is 30.7 Å². The predicted molar refractivity (Wildman–Crippen MR) is 87.2 cm³/mol. The molecule has 0 unspecified atom stereocenters. The first-order valence-corrected chi connectivity index (χ1v) is 8.77. The molecule has 0 aliphatic carbocycles. The molecule has 0 spiro atoms. The number of halogens is 1. The minimum atomic E-state index is -3.61. The van der Waals surface area contributed by atoms with E-state index in [-0.39, 0.29) is 32.7 Å². The number of hydrogen-bond donors (Lipinski definition) is 0. The van der Waals surface area contributed by atoms with E-state index >= 15 is 0 Å². The molecular formula is C15H12ClNO6S. The van der Waals surface area contributed by atoms with Crippen LogP contribution in [0.3, 0.4) is 0 Å². The van der Waals surface area contributed by atoms with E-state index in [1.165, 1.54) is 37.3 Å². The molecule has 2 aromatic carbocycles. The summed E-state index contributed by atoms with van der Waals surface area (Å²) in [6.45, 7) is 1.47. The number of nitrogens with zero attached hydrogens (tertiary/aromatic N) is 1. The highest BCUT2D eigenvalue weighted by molar-refractivity contribution is 7.91. The van der Waals surface area contributed by atoms with Gasteiger partial charge in [0.15, 0.2) is 9.84 Å². The quantitative estimate of drug-likeness (QED) is 0.347. The fourth-order valence-electron chi connectivity index (χ4n) is 1.92. The Balaban J connectivity index is 2.35. The molecule has 0 N–H and O–H groups in total. The summed E-state index contributed by atoms with van der Waals surface area (Å²) in [6.07, 6.45) is 0. The van der Waals surface area contributed by atoms with Crippen LogP contribution in [0.25, 0.3) is 0 Å². The van der Waals surface area contributed by atoms with Crippen LogP contribution in [0.4, 0.5) is 5.69 Å². The van der Waals surface area contributed by atoms with E-state index in [1.807, 2.05) is 0 Å². The van der Waals surface area contributed by atoms with E-state index in [0.717, 1.165) is 12.1 Å². The van der Waals surface area contributed by atoms with Gasteiger partial charge in [-0.05, 0) is 18.2 Å². The zero-order valence-electron chi connectivity index (χ0n) is 12.4. The van der Waals surface area contributed by atoms with Crippen molar-refractivity contribution in [3.8, 4) is 5.75 Å². The van der Waals surface area contributed by atoms with Crippen molar-refractivity contribution in [1.82, 2.24) is 0 Å². The van der Waals surface area contributed by atoms with Crippen LogP contribution in [0.5, 0.6) is 5.75 Å². The maximum absolute atomic E-state index is 12.3. The highest BCUT2D eigenvalue weighted by Gasteiger charge is 2.22. The summed E-state index contributed by atoms with van der Waals surface area (Å²) in [7, 11) is -3.61. The maximum atomic E-state index is 12.3. The first kappa shape index (κ1) is 17.9. The lowest BCUT2D eigenvalue weighted by atomic mass is 10.2. The molecule has 0 aliphatic rings. The number of carbonyl (C=O) groups is 1. The molecule has 0 fully saturated rings. The lowest BCUT2D eigenvalue weighted by Gasteiger charge is -2.09. The van der Waals surface area contributed by atoms with Crippen molar-refractivity contribution in [2.45, 2.75) is 11.8 Å². The van der Waals surface area contributed by atoms with E-state index in [2.05, 4.69) is 0 Å². The Hall–Kier alpha value is -2.45. The minimum Gasteiger partial charge on any atom is -0.423 e. The van der Waals surface area contributed by atoms with Gasteiger partial charge in [0.05, 0.1) is 21.1 Å². The Bertz CT molecular complexity index is 910. The van der Waals surface area contributed by atoms with Crippen LogP contribution in [0.15, 0.2) is 47.4 Å². The molecule has 0 saturated heterocycles. The van der Waals surface area contributed by atoms with Gasteiger partial charge < -0.3 is 4.74 Å². The van der Waals surface area contributed by atoms with Crippen molar-refractivity contribution < 1.29 is 22.9 Å². The van der Waals surface area contributed by atoms with Gasteiger partial charge in [0, 0.05) is 12.1 Å². The van der Waals surface area contributed by atoms with E-state index in [9.17, 15) is 23.3 Å². The number of ether oxygens (including phenoxy) is 1. The molecule has 126 valence electrons. The summed E-state index contributed by atoms with van der Waals surface area (Å²) >= 11 is 5.75. The van der Waals surface area contributed by atoms with Crippen molar-refractivity contribution in [3.63, 3.8) is 0 Å². The molecule has 2 aromatic rings. The molecule has 0 saturated carbocycles. The molecule has 0 amide bonds. The molecule has 2 rings (SSSR count). The van der Waals surface area contributed by atoms with Gasteiger partial charge >= 0.3 is 5.97 Å². The van der Waals surface area contributed by atoms with Gasteiger partial charge in [0.2, 0.25) is 0 Å². The number of nitro groups is 1. The summed E-state index contributed by atoms with van der Waals surface area (Å²) < 4.78 is 29.2. The van der Waals surface area contributed by atoms with E-state index in [4.69, 9.17) is 16.3 Å². The van der Waals surface area contributed by atoms with Crippen LogP contribution < -0.4 is 4.74 Å². The monoisotopic (exact) mass is 369 g/mol. The van der Waals surface area contributed by atoms with Gasteiger partial charge in [-0.25, -0.2) is 13.2 Å². The second-order valence-corrected chi connectivity index (χ2v) is 7.31. The highest BCUT2D eigenvalue weighted by Crippen LogP contribution is 2.29. The van der Waals surface area contributed by atoms with E-state index in [1.54, 1.807) is 0 Å². The summed E-state index contributed by atoms with van der Waals surface area (Å²) in [6, 6.07) is 9.08. The number of benzene rings is 2. The SMILES string of the molecule is CCS(=O)(=O)c1ccccc1C(=O)Oc1ccc([N+](=O)[O-])c(Cl)c1. The fraction of sp³-hybridized carbons (Fsp3) is 0.133. The minimum absolute atomic E-state index is 0.0284. The Morgan fingerprint density at radius 1 is 1.25 bits per heavy atom. The molecule has 0 radical (unpaired) electrons. The summed E-state index contributed by atoms with van der Waals surface area (Å²) in [5.41, 5.74) is -0.445. The van der Waals surface area contributed by atoms with E-state index in [0.29, 0.717) is 0 Å². The standard InChI is InChI=1S/C15H12ClNO6S/c1-2-24(21,22)14-6-4-3-5-11(14)15(18)23-10-7-8-13(17(19)20)12(16)9-10/h3-9H,2H2,1H3. The Morgan fingerprint density at radius 3 is 2.50 bits per heavy atom. The van der Waals surface area contributed by atoms with Crippen LogP contribution in [0.1, 0.15) is 17.3 Å². The molecule has 7 nitrogen and oxygen atoms in total. The average Bonchev–Trinajstić information content (AvgIpc) is 2.54. The zero-order chi connectivity index (χ0) is 17.9. The fourth-order valence-corrected chi connectivity index (χ4v) is 3.25. The summed E-state index contributed by atoms with van der Waals surface area (Å²) in [4.78, 5) is 22.2. The van der Waals surface area contributed by atoms with Gasteiger partial charge in [0.1, 0.15) is 10.8 Å². The topological polar surface area (TPSA) is 104 Å². The van der Waals surface area contributed by atoms with Crippen molar-refractivity contribution in [2.24, 2.45) is 0 Å². The molecule has 0 heterocycles. The Kier molecular flexibility index (Phi) is 5.20. The first-order chi connectivity index (χ1) is 11.3. The van der Waals surface area contributed by atoms with Crippen LogP contribution >= 0.6 is 11.6 Å². The van der Waals surface area contributed by atoms with E-state index < -0.39 is 20.7 Å². The van der Waals surface area contributed by atoms with Crippen molar-refractivity contribution in [3.05, 3.63) is 63.2 Å². The van der Waals surface area contributed by atoms with Crippen LogP contribution in [0, 0.1) is 10.1 Å². The number of nitro benzene ring substituents is 1. The third kappa shape index (κ3) is 3.72. The number of sulfone groups is 1. The second-order valence-electron chi connectivity index (χ2n) is 4.66. The third-order valence-electron chi connectivity index (χ3n) is 3.15. The Morgan fingerprint density at radius 2 is 1.92 bits per heavy atom. The average molecular weight is 370 g/mol. The highest BCUT2D eigenvalue weighted by atomic mass is 35.5. The predicted octanol–water partition coefficient (Wildman–Crippen LogP) is 3.26.